The number of hydrogen-bond acceptors (Lipinski definition) is 11. The van der Waals surface area contributed by atoms with Gasteiger partial charge < -0.3 is 46.1 Å². The molecule has 3 aromatic rings. The molecule has 9 N–H and O–H groups in total. The van der Waals surface area contributed by atoms with Crippen molar-refractivity contribution in [1.29, 1.82) is 0 Å². The fourth-order valence-corrected chi connectivity index (χ4v) is 3.24. The van der Waals surface area contributed by atoms with E-state index in [1.165, 1.54) is 6.07 Å². The number of aromatic carboxylic acids is 1. The number of nitrogens with zero attached hydrogens (tertiary/aromatic N) is 1. The first-order chi connectivity index (χ1) is 16.4. The highest BCUT2D eigenvalue weighted by molar-refractivity contribution is 5.98. The van der Waals surface area contributed by atoms with E-state index in [-0.39, 0.29) is 40.4 Å². The van der Waals surface area contributed by atoms with E-state index in [2.05, 4.69) is 10.3 Å². The Morgan fingerprint density at radius 1 is 1.09 bits per heavy atom. The van der Waals surface area contributed by atoms with E-state index in [0.717, 1.165) is 5.56 Å². The number of nitrogen functional groups attached to an aromatic ring is 1. The summed E-state index contributed by atoms with van der Waals surface area (Å²) in [6.45, 7) is 3.48. The van der Waals surface area contributed by atoms with E-state index in [9.17, 15) is 14.7 Å². The summed E-state index contributed by atoms with van der Waals surface area (Å²) < 4.78 is 5.59. The molecular weight excluding hydrogens is 462 g/mol. The number of rotatable bonds is 8. The van der Waals surface area contributed by atoms with Crippen LogP contribution in [-0.4, -0.2) is 86.2 Å². The van der Waals surface area contributed by atoms with Crippen molar-refractivity contribution < 1.29 is 39.9 Å². The van der Waals surface area contributed by atoms with E-state index in [0.29, 0.717) is 11.0 Å². The fourth-order valence-electron chi connectivity index (χ4n) is 3.24. The van der Waals surface area contributed by atoms with Crippen LogP contribution in [0.4, 0.5) is 5.82 Å². The second kappa shape index (κ2) is 12.0. The molecule has 0 radical (unpaired) electrons. The first-order valence-corrected chi connectivity index (χ1v) is 10.8. The molecule has 3 rings (SSSR count). The van der Waals surface area contributed by atoms with Crippen LogP contribution in [0.3, 0.4) is 0 Å². The summed E-state index contributed by atoms with van der Waals surface area (Å²) in [5.74, 6) is -1.15. The van der Waals surface area contributed by atoms with Crippen LogP contribution in [0.1, 0.15) is 35.7 Å². The largest absolute Gasteiger partial charge is 0.478 e. The molecule has 2 heterocycles. The van der Waals surface area contributed by atoms with Crippen LogP contribution in [0.25, 0.3) is 22.1 Å². The van der Waals surface area contributed by atoms with E-state index in [4.69, 9.17) is 35.7 Å². The average Bonchev–Trinajstić information content (AvgIpc) is 2.82. The number of nitrogens with two attached hydrogens (primary N) is 1. The number of benzene rings is 1. The summed E-state index contributed by atoms with van der Waals surface area (Å²) in [6.07, 6.45) is -5.65. The molecule has 0 fully saturated rings. The lowest BCUT2D eigenvalue weighted by atomic mass is 10.0. The van der Waals surface area contributed by atoms with Crippen molar-refractivity contribution in [2.45, 2.75) is 44.2 Å². The molecule has 4 atom stereocenters. The number of anilines is 1. The second-order valence-corrected chi connectivity index (χ2v) is 8.28. The molecule has 192 valence electrons. The third-order valence-electron chi connectivity index (χ3n) is 5.35. The number of fused-ring (bicyclic) bond motifs is 2. The third-order valence-corrected chi connectivity index (χ3v) is 5.35. The van der Waals surface area contributed by atoms with Crippen molar-refractivity contribution >= 4 is 33.9 Å². The SMILES string of the molecule is CC(C)c1ccc2oc3nc(N)c(C(=O)O)cc3c(=O)c2c1.CNC[C@H](O)[C@@H](O)[C@H](O)[C@H](O)CO. The highest BCUT2D eigenvalue weighted by atomic mass is 16.4. The number of aromatic nitrogens is 1. The molecule has 0 saturated carbocycles. The minimum absolute atomic E-state index is 0.0392. The molecule has 0 amide bonds. The normalized spacial score (nSPS) is 14.9. The lowest BCUT2D eigenvalue weighted by Crippen LogP contribution is -2.48. The van der Waals surface area contributed by atoms with Crippen LogP contribution in [0.5, 0.6) is 0 Å². The zero-order valence-electron chi connectivity index (χ0n) is 19.5. The minimum atomic E-state index is -1.55. The molecule has 2 aromatic heterocycles. The number of carboxylic acid groups (broad SMARTS) is 1. The number of pyridine rings is 1. The Morgan fingerprint density at radius 2 is 1.71 bits per heavy atom. The van der Waals surface area contributed by atoms with Gasteiger partial charge in [0.1, 0.15) is 35.3 Å². The van der Waals surface area contributed by atoms with E-state index >= 15 is 0 Å². The van der Waals surface area contributed by atoms with Gasteiger partial charge in [-0.15, -0.1) is 0 Å². The summed E-state index contributed by atoms with van der Waals surface area (Å²) in [5, 5.41) is 57.1. The molecule has 0 aliphatic heterocycles. The van der Waals surface area contributed by atoms with Gasteiger partial charge in [0, 0.05) is 6.54 Å². The van der Waals surface area contributed by atoms with E-state index in [1.807, 2.05) is 19.9 Å². The first-order valence-electron chi connectivity index (χ1n) is 10.8. The fraction of sp³-hybridized carbons (Fsp3) is 0.435. The van der Waals surface area contributed by atoms with Gasteiger partial charge in [0.15, 0.2) is 0 Å². The zero-order valence-corrected chi connectivity index (χ0v) is 19.5. The van der Waals surface area contributed by atoms with Crippen LogP contribution in [0, 0.1) is 0 Å². The molecule has 12 nitrogen and oxygen atoms in total. The van der Waals surface area contributed by atoms with Gasteiger partial charge in [-0.1, -0.05) is 19.9 Å². The Morgan fingerprint density at radius 3 is 2.26 bits per heavy atom. The predicted molar refractivity (Wildman–Crippen MR) is 128 cm³/mol. The Labute approximate surface area is 200 Å². The van der Waals surface area contributed by atoms with Crippen molar-refractivity contribution in [1.82, 2.24) is 10.3 Å². The van der Waals surface area contributed by atoms with Crippen LogP contribution in [0.2, 0.25) is 0 Å². The predicted octanol–water partition coefficient (Wildman–Crippen LogP) is -0.613. The quantitative estimate of drug-likeness (QED) is 0.184. The standard InChI is InChI=1S/C16H14N2O4.C7H17NO5/c1-7(2)8-3-4-12-9(5-8)13(19)10-6-11(16(20)21)14(17)18-15(10)22-12;1-8-2-4(10)6(12)7(13)5(11)3-9/h3-7H,1-2H3,(H2,17,18)(H,20,21);4-13H,2-3H2,1H3/t;4-,5+,6+,7+/m.0/s1. The van der Waals surface area contributed by atoms with E-state index in [1.54, 1.807) is 19.2 Å². The topological polar surface area (TPSA) is 220 Å². The van der Waals surface area contributed by atoms with Crippen molar-refractivity contribution in [3.63, 3.8) is 0 Å². The number of aliphatic hydroxyl groups is 5. The summed E-state index contributed by atoms with van der Waals surface area (Å²) in [4.78, 5) is 27.6. The van der Waals surface area contributed by atoms with Crippen LogP contribution >= 0.6 is 0 Å². The van der Waals surface area contributed by atoms with Crippen LogP contribution in [0.15, 0.2) is 33.5 Å². The molecule has 0 aliphatic rings. The molecular formula is C23H31N3O9. The Hall–Kier alpha value is -3.13. The Bertz CT molecular complexity index is 1230. The molecule has 35 heavy (non-hydrogen) atoms. The number of carbonyl (C=O) groups is 1. The number of aliphatic hydroxyl groups excluding tert-OH is 5. The monoisotopic (exact) mass is 493 g/mol. The minimum Gasteiger partial charge on any atom is -0.478 e. The average molecular weight is 494 g/mol. The molecule has 1 aromatic carbocycles. The number of likely N-dealkylation sites (N-methyl/N-ethyl adjacent to an activating group) is 1. The van der Waals surface area contributed by atoms with Gasteiger partial charge in [-0.2, -0.15) is 4.98 Å². The summed E-state index contributed by atoms with van der Waals surface area (Å²) in [7, 11) is 1.57. The van der Waals surface area contributed by atoms with Gasteiger partial charge in [0.25, 0.3) is 0 Å². The number of carboxylic acids is 1. The maximum atomic E-state index is 12.6. The second-order valence-electron chi connectivity index (χ2n) is 8.28. The van der Waals surface area contributed by atoms with Crippen molar-refractivity contribution in [2.75, 3.05) is 25.9 Å². The number of hydrogen-bond donors (Lipinski definition) is 8. The molecule has 12 heteroatoms. The smallest absolute Gasteiger partial charge is 0.339 e. The summed E-state index contributed by atoms with van der Waals surface area (Å²) in [6, 6.07) is 6.58. The first kappa shape index (κ1) is 28.1. The lowest BCUT2D eigenvalue weighted by Gasteiger charge is -2.25. The van der Waals surface area contributed by atoms with Gasteiger partial charge in [-0.3, -0.25) is 4.79 Å². The van der Waals surface area contributed by atoms with Crippen molar-refractivity contribution in [2.24, 2.45) is 0 Å². The highest BCUT2D eigenvalue weighted by Crippen LogP contribution is 2.24. The van der Waals surface area contributed by atoms with Gasteiger partial charge in [-0.25, -0.2) is 4.79 Å². The summed E-state index contributed by atoms with van der Waals surface area (Å²) >= 11 is 0. The van der Waals surface area contributed by atoms with Gasteiger partial charge in [0.05, 0.1) is 23.5 Å². The van der Waals surface area contributed by atoms with Crippen molar-refractivity contribution in [3.05, 3.63) is 45.6 Å². The van der Waals surface area contributed by atoms with Gasteiger partial charge in [-0.05, 0) is 36.7 Å². The maximum absolute atomic E-state index is 12.6. The van der Waals surface area contributed by atoms with Crippen LogP contribution in [-0.2, 0) is 0 Å². The van der Waals surface area contributed by atoms with E-state index < -0.39 is 37.0 Å². The molecule has 0 bridgehead atoms. The molecule has 0 unspecified atom stereocenters. The van der Waals surface area contributed by atoms with Crippen LogP contribution < -0.4 is 16.5 Å². The molecule has 0 aliphatic carbocycles. The highest BCUT2D eigenvalue weighted by Gasteiger charge is 2.29. The summed E-state index contributed by atoms with van der Waals surface area (Å²) in [5.41, 5.74) is 6.51. The molecule has 0 spiro atoms. The number of nitrogens with one attached hydrogen (secondary N) is 1. The molecule has 0 saturated heterocycles. The Balaban J connectivity index is 0.000000287. The maximum Gasteiger partial charge on any atom is 0.339 e. The lowest BCUT2D eigenvalue weighted by molar-refractivity contribution is -0.113. The van der Waals surface area contributed by atoms with Gasteiger partial charge >= 0.3 is 5.97 Å². The van der Waals surface area contributed by atoms with Gasteiger partial charge in [0.2, 0.25) is 11.1 Å². The third kappa shape index (κ3) is 6.51. The Kier molecular flexibility index (Phi) is 9.65. The van der Waals surface area contributed by atoms with Crippen molar-refractivity contribution in [3.8, 4) is 0 Å². The zero-order chi connectivity index (χ0) is 26.4.